The number of benzene rings is 1. The van der Waals surface area contributed by atoms with E-state index in [-0.39, 0.29) is 6.54 Å². The van der Waals surface area contributed by atoms with Gasteiger partial charge < -0.3 is 31.1 Å². The fourth-order valence-corrected chi connectivity index (χ4v) is 3.55. The molecule has 0 bridgehead atoms. The predicted molar refractivity (Wildman–Crippen MR) is 132 cm³/mol. The van der Waals surface area contributed by atoms with Crippen LogP contribution in [0.4, 0.5) is 4.79 Å². The molecule has 2 unspecified atom stereocenters. The molecule has 1 aromatic carbocycles. The summed E-state index contributed by atoms with van der Waals surface area (Å²) < 4.78 is 5.23. The minimum absolute atomic E-state index is 0.223. The molecule has 10 nitrogen and oxygen atoms in total. The third-order valence-electron chi connectivity index (χ3n) is 4.80. The average molecular weight is 493 g/mol. The Bertz CT molecular complexity index is 933. The van der Waals surface area contributed by atoms with Crippen LogP contribution in [0.25, 0.3) is 0 Å². The Labute approximate surface area is 207 Å². The lowest BCUT2D eigenvalue weighted by Crippen LogP contribution is -2.56. The van der Waals surface area contributed by atoms with Crippen molar-refractivity contribution in [2.75, 3.05) is 13.2 Å². The molecule has 1 rings (SSSR count). The minimum atomic E-state index is -1.40. The number of hydrogen-bond donors (Lipinski definition) is 4. The van der Waals surface area contributed by atoms with Gasteiger partial charge in [-0.3, -0.25) is 14.4 Å². The van der Waals surface area contributed by atoms with E-state index in [2.05, 4.69) is 10.6 Å². The number of carbonyl (C=O) groups excluding carboxylic acids is 4. The first kappa shape index (κ1) is 29.9. The Morgan fingerprint density at radius 3 is 2.14 bits per heavy atom. The van der Waals surface area contributed by atoms with Gasteiger partial charge in [-0.15, -0.1) is 0 Å². The van der Waals surface area contributed by atoms with E-state index in [1.807, 2.05) is 46.8 Å². The molecule has 2 atom stereocenters. The summed E-state index contributed by atoms with van der Waals surface area (Å²) in [6.45, 7) is 13.4. The Morgan fingerprint density at radius 1 is 1.09 bits per heavy atom. The van der Waals surface area contributed by atoms with Crippen LogP contribution in [-0.4, -0.2) is 64.2 Å². The highest BCUT2D eigenvalue weighted by atomic mass is 16.6. The smallest absolute Gasteiger partial charge is 0.408 e. The number of nitrogens with zero attached hydrogens (tertiary/aromatic N) is 1. The van der Waals surface area contributed by atoms with E-state index in [1.165, 1.54) is 0 Å². The molecule has 0 aromatic heterocycles. The molecule has 10 heteroatoms. The van der Waals surface area contributed by atoms with Crippen LogP contribution in [0.15, 0.2) is 18.2 Å². The highest BCUT2D eigenvalue weighted by Crippen LogP contribution is 2.27. The van der Waals surface area contributed by atoms with E-state index >= 15 is 0 Å². The topological polar surface area (TPSA) is 151 Å². The highest BCUT2D eigenvalue weighted by molar-refractivity contribution is 5.94. The Kier molecular flexibility index (Phi) is 10.3. The number of nitrogens with one attached hydrogen (secondary N) is 2. The zero-order valence-electron chi connectivity index (χ0n) is 22.0. The quantitative estimate of drug-likeness (QED) is 0.413. The van der Waals surface area contributed by atoms with E-state index < -0.39 is 60.1 Å². The molecule has 5 N–H and O–H groups in total. The van der Waals surface area contributed by atoms with Crippen molar-refractivity contribution in [1.29, 1.82) is 0 Å². The van der Waals surface area contributed by atoms with Crippen molar-refractivity contribution >= 4 is 23.8 Å². The van der Waals surface area contributed by atoms with Crippen molar-refractivity contribution < 1.29 is 29.0 Å². The zero-order chi connectivity index (χ0) is 27.1. The summed E-state index contributed by atoms with van der Waals surface area (Å²) in [5.41, 5.74) is 6.18. The van der Waals surface area contributed by atoms with Crippen LogP contribution < -0.4 is 16.4 Å². The van der Waals surface area contributed by atoms with Gasteiger partial charge in [0.05, 0.1) is 13.0 Å². The van der Waals surface area contributed by atoms with Crippen molar-refractivity contribution in [2.45, 2.75) is 85.0 Å². The van der Waals surface area contributed by atoms with Crippen molar-refractivity contribution in [3.8, 4) is 0 Å². The molecule has 196 valence electrons. The number of alkyl carbamates (subject to hydrolysis) is 1. The predicted octanol–water partition coefficient (Wildman–Crippen LogP) is 1.85. The number of aliphatic hydroxyl groups excluding tert-OH is 1. The third-order valence-corrected chi connectivity index (χ3v) is 4.80. The number of nitrogens with two attached hydrogens (primary N) is 1. The molecular weight excluding hydrogens is 452 g/mol. The number of hydrogen-bond acceptors (Lipinski definition) is 6. The maximum atomic E-state index is 13.7. The van der Waals surface area contributed by atoms with Gasteiger partial charge in [0.15, 0.2) is 0 Å². The molecule has 0 aliphatic carbocycles. The summed E-state index contributed by atoms with van der Waals surface area (Å²) in [5.74, 6) is -2.05. The zero-order valence-corrected chi connectivity index (χ0v) is 22.0. The molecule has 0 radical (unpaired) electrons. The lowest BCUT2D eigenvalue weighted by Gasteiger charge is -2.36. The van der Waals surface area contributed by atoms with E-state index in [0.29, 0.717) is 5.56 Å². The van der Waals surface area contributed by atoms with Crippen LogP contribution in [0.2, 0.25) is 0 Å². The minimum Gasteiger partial charge on any atom is -0.444 e. The molecule has 35 heavy (non-hydrogen) atoms. The number of primary amides is 1. The van der Waals surface area contributed by atoms with Crippen molar-refractivity contribution in [3.63, 3.8) is 0 Å². The maximum Gasteiger partial charge on any atom is 0.408 e. The Morgan fingerprint density at radius 2 is 1.69 bits per heavy atom. The molecule has 0 spiro atoms. The van der Waals surface area contributed by atoms with Crippen LogP contribution in [0, 0.1) is 13.8 Å². The molecule has 0 aliphatic heterocycles. The van der Waals surface area contributed by atoms with Crippen molar-refractivity contribution in [1.82, 2.24) is 15.5 Å². The molecule has 4 amide bonds. The van der Waals surface area contributed by atoms with Gasteiger partial charge in [-0.1, -0.05) is 23.8 Å². The highest BCUT2D eigenvalue weighted by Gasteiger charge is 2.38. The largest absolute Gasteiger partial charge is 0.444 e. The van der Waals surface area contributed by atoms with Crippen LogP contribution in [0.3, 0.4) is 0 Å². The van der Waals surface area contributed by atoms with Gasteiger partial charge in [-0.2, -0.15) is 0 Å². The number of aryl methyl sites for hydroxylation is 2. The monoisotopic (exact) mass is 492 g/mol. The molecule has 0 aliphatic rings. The summed E-state index contributed by atoms with van der Waals surface area (Å²) in [4.78, 5) is 52.5. The van der Waals surface area contributed by atoms with Crippen LogP contribution in [0.1, 0.15) is 70.7 Å². The average Bonchev–Trinajstić information content (AvgIpc) is 2.64. The van der Waals surface area contributed by atoms with E-state index in [9.17, 15) is 24.3 Å². The molecule has 0 heterocycles. The lowest BCUT2D eigenvalue weighted by molar-refractivity contribution is -0.144. The number of aliphatic hydroxyl groups is 1. The number of amides is 4. The second-order valence-corrected chi connectivity index (χ2v) is 10.6. The lowest BCUT2D eigenvalue weighted by atomic mass is 9.95. The number of rotatable bonds is 9. The van der Waals surface area contributed by atoms with Gasteiger partial charge in [0.2, 0.25) is 17.7 Å². The first-order valence-electron chi connectivity index (χ1n) is 11.5. The fraction of sp³-hybridized carbons (Fsp3) is 0.600. The summed E-state index contributed by atoms with van der Waals surface area (Å²) in [6.07, 6.45) is -1.43. The van der Waals surface area contributed by atoms with Gasteiger partial charge in [0.1, 0.15) is 17.7 Å². The van der Waals surface area contributed by atoms with Gasteiger partial charge in [-0.05, 0) is 66.5 Å². The molecule has 0 fully saturated rings. The maximum absolute atomic E-state index is 13.7. The summed E-state index contributed by atoms with van der Waals surface area (Å²) in [6, 6.07) is 2.92. The van der Waals surface area contributed by atoms with Gasteiger partial charge >= 0.3 is 6.09 Å². The number of ether oxygens (including phenoxy) is 1. The number of carbonyl (C=O) groups is 4. The van der Waals surface area contributed by atoms with Crippen LogP contribution in [0.5, 0.6) is 0 Å². The summed E-state index contributed by atoms with van der Waals surface area (Å²) in [5, 5.41) is 15.1. The van der Waals surface area contributed by atoms with Gasteiger partial charge in [0, 0.05) is 12.1 Å². The van der Waals surface area contributed by atoms with Crippen molar-refractivity contribution in [3.05, 3.63) is 34.9 Å². The van der Waals surface area contributed by atoms with Crippen LogP contribution >= 0.6 is 0 Å². The van der Waals surface area contributed by atoms with E-state index in [0.717, 1.165) is 16.0 Å². The first-order chi connectivity index (χ1) is 15.9. The third kappa shape index (κ3) is 9.94. The second kappa shape index (κ2) is 12.0. The van der Waals surface area contributed by atoms with Crippen molar-refractivity contribution in [2.24, 2.45) is 5.73 Å². The standard InChI is InChI=1S/C25H40N4O6/c1-15-9-10-17(16(2)13-15)20(21(32)28-24(3,4)5)29(11-12-30)22(33)18(14-19(26)31)27-23(34)35-25(6,7)8/h9-10,13,18,20,30H,11-12,14H2,1-8H3,(H2,26,31)(H,27,34)(H,28,32). The summed E-state index contributed by atoms with van der Waals surface area (Å²) >= 11 is 0. The fourth-order valence-electron chi connectivity index (χ4n) is 3.55. The summed E-state index contributed by atoms with van der Waals surface area (Å²) in [7, 11) is 0. The van der Waals surface area contributed by atoms with E-state index in [1.54, 1.807) is 26.8 Å². The normalized spacial score (nSPS) is 13.4. The molecule has 1 aromatic rings. The van der Waals surface area contributed by atoms with Gasteiger partial charge in [-0.25, -0.2) is 4.79 Å². The van der Waals surface area contributed by atoms with Gasteiger partial charge in [0.25, 0.3) is 0 Å². The van der Waals surface area contributed by atoms with E-state index in [4.69, 9.17) is 10.5 Å². The molecule has 0 saturated carbocycles. The second-order valence-electron chi connectivity index (χ2n) is 10.6. The molecule has 0 saturated heterocycles. The SMILES string of the molecule is Cc1ccc(C(C(=O)NC(C)(C)C)N(CCO)C(=O)C(CC(N)=O)NC(=O)OC(C)(C)C)c(C)c1. The molecular formula is C25H40N4O6. The Balaban J connectivity index is 3.54. The first-order valence-corrected chi connectivity index (χ1v) is 11.5. The van der Waals surface area contributed by atoms with Crippen LogP contribution in [-0.2, 0) is 19.1 Å². The Hall–Kier alpha value is -3.14.